The monoisotopic (exact) mass is 349 g/mol. The number of aromatic amines is 1. The first-order valence-corrected chi connectivity index (χ1v) is 8.81. The third-order valence-corrected chi connectivity index (χ3v) is 4.51. The van der Waals surface area contributed by atoms with E-state index in [9.17, 15) is 4.79 Å². The number of carbonyl (C=O) groups excluding carboxylic acids is 1. The Labute approximate surface area is 148 Å². The summed E-state index contributed by atoms with van der Waals surface area (Å²) in [5.74, 6) is 0.571. The number of rotatable bonds is 5. The number of amides is 1. The lowest BCUT2D eigenvalue weighted by Crippen LogP contribution is -2.26. The maximum Gasteiger partial charge on any atom is 0.253 e. The van der Waals surface area contributed by atoms with Gasteiger partial charge < -0.3 is 10.3 Å². The third-order valence-electron chi connectivity index (χ3n) is 3.82. The standard InChI is InChI=1S/C18H15N5OS/c24-18(21-8-4-13-3-1-2-7-19-13)14-5-9-20-17-15(14)22-16(23-17)12-6-10-25-11-12/h1-3,5-7,9-11H,4,8H2,(H,21,24)(H,20,22,23). The van der Waals surface area contributed by atoms with Crippen LogP contribution in [0.25, 0.3) is 22.6 Å². The molecule has 4 rings (SSSR count). The van der Waals surface area contributed by atoms with Crippen molar-refractivity contribution in [2.24, 2.45) is 0 Å². The van der Waals surface area contributed by atoms with Gasteiger partial charge in [-0.1, -0.05) is 6.07 Å². The van der Waals surface area contributed by atoms with Crippen molar-refractivity contribution in [3.05, 3.63) is 64.7 Å². The van der Waals surface area contributed by atoms with Crippen molar-refractivity contribution < 1.29 is 4.79 Å². The SMILES string of the molecule is O=C(NCCc1ccccn1)c1ccnc2nc(-c3ccsc3)[nH]c12. The number of hydrogen-bond acceptors (Lipinski definition) is 5. The number of hydrogen-bond donors (Lipinski definition) is 2. The molecular formula is C18H15N5OS. The molecule has 0 saturated carbocycles. The molecule has 4 heterocycles. The van der Waals surface area contributed by atoms with Crippen LogP contribution in [0, 0.1) is 0 Å². The Hall–Kier alpha value is -3.06. The molecule has 4 aromatic rings. The molecule has 0 bridgehead atoms. The Kier molecular flexibility index (Phi) is 4.22. The molecule has 7 heteroatoms. The summed E-state index contributed by atoms with van der Waals surface area (Å²) in [6.45, 7) is 0.519. The molecule has 0 radical (unpaired) electrons. The van der Waals surface area contributed by atoms with E-state index in [1.807, 2.05) is 35.0 Å². The van der Waals surface area contributed by atoms with Crippen LogP contribution in [0.2, 0.25) is 0 Å². The predicted octanol–water partition coefficient (Wildman–Crippen LogP) is 3.05. The van der Waals surface area contributed by atoms with Gasteiger partial charge in [0.15, 0.2) is 5.65 Å². The first kappa shape index (κ1) is 15.5. The highest BCUT2D eigenvalue weighted by atomic mass is 32.1. The fourth-order valence-corrected chi connectivity index (χ4v) is 3.22. The molecule has 0 aliphatic heterocycles. The van der Waals surface area contributed by atoms with Crippen LogP contribution >= 0.6 is 11.3 Å². The van der Waals surface area contributed by atoms with E-state index < -0.39 is 0 Å². The smallest absolute Gasteiger partial charge is 0.253 e. The molecular weight excluding hydrogens is 334 g/mol. The van der Waals surface area contributed by atoms with Crippen LogP contribution in [-0.4, -0.2) is 32.4 Å². The van der Waals surface area contributed by atoms with Crippen molar-refractivity contribution in [3.8, 4) is 11.4 Å². The van der Waals surface area contributed by atoms with Gasteiger partial charge in [-0.05, 0) is 29.6 Å². The third kappa shape index (κ3) is 3.27. The highest BCUT2D eigenvalue weighted by Crippen LogP contribution is 2.23. The van der Waals surface area contributed by atoms with Crippen LogP contribution in [0.5, 0.6) is 0 Å². The molecule has 124 valence electrons. The molecule has 6 nitrogen and oxygen atoms in total. The first-order chi connectivity index (χ1) is 12.3. The second-order valence-corrected chi connectivity index (χ2v) is 6.26. The number of nitrogens with one attached hydrogen (secondary N) is 2. The second-order valence-electron chi connectivity index (χ2n) is 5.48. The van der Waals surface area contributed by atoms with E-state index in [2.05, 4.69) is 25.3 Å². The zero-order chi connectivity index (χ0) is 17.1. The van der Waals surface area contributed by atoms with Gasteiger partial charge in [-0.3, -0.25) is 9.78 Å². The highest BCUT2D eigenvalue weighted by molar-refractivity contribution is 7.08. The van der Waals surface area contributed by atoms with Crippen molar-refractivity contribution in [2.75, 3.05) is 6.54 Å². The van der Waals surface area contributed by atoms with Crippen molar-refractivity contribution >= 4 is 28.4 Å². The maximum absolute atomic E-state index is 12.5. The minimum atomic E-state index is -0.149. The van der Waals surface area contributed by atoms with Crippen LogP contribution in [0.1, 0.15) is 16.1 Å². The number of fused-ring (bicyclic) bond motifs is 1. The molecule has 0 saturated heterocycles. The van der Waals surface area contributed by atoms with Crippen LogP contribution in [0.3, 0.4) is 0 Å². The Balaban J connectivity index is 1.53. The largest absolute Gasteiger partial charge is 0.352 e. The van der Waals surface area contributed by atoms with Gasteiger partial charge >= 0.3 is 0 Å². The molecule has 0 aliphatic rings. The van der Waals surface area contributed by atoms with Crippen LogP contribution in [0.15, 0.2) is 53.5 Å². The van der Waals surface area contributed by atoms with Gasteiger partial charge in [0.25, 0.3) is 5.91 Å². The van der Waals surface area contributed by atoms with Gasteiger partial charge in [-0.2, -0.15) is 11.3 Å². The summed E-state index contributed by atoms with van der Waals surface area (Å²) in [5.41, 5.74) is 3.67. The summed E-state index contributed by atoms with van der Waals surface area (Å²) >= 11 is 1.60. The lowest BCUT2D eigenvalue weighted by molar-refractivity contribution is 0.0955. The van der Waals surface area contributed by atoms with Crippen molar-refractivity contribution in [1.82, 2.24) is 25.3 Å². The zero-order valence-corrected chi connectivity index (χ0v) is 14.1. The number of pyridine rings is 2. The van der Waals surface area contributed by atoms with E-state index in [1.165, 1.54) is 0 Å². The van der Waals surface area contributed by atoms with Crippen molar-refractivity contribution in [3.63, 3.8) is 0 Å². The molecule has 25 heavy (non-hydrogen) atoms. The van der Waals surface area contributed by atoms with Crippen molar-refractivity contribution in [2.45, 2.75) is 6.42 Å². The fourth-order valence-electron chi connectivity index (χ4n) is 2.58. The van der Waals surface area contributed by atoms with Crippen LogP contribution < -0.4 is 5.32 Å². The highest BCUT2D eigenvalue weighted by Gasteiger charge is 2.15. The van der Waals surface area contributed by atoms with E-state index in [0.717, 1.165) is 17.1 Å². The molecule has 0 atom stereocenters. The Morgan fingerprint density at radius 3 is 2.92 bits per heavy atom. The molecule has 4 aromatic heterocycles. The lowest BCUT2D eigenvalue weighted by atomic mass is 10.2. The molecule has 0 aliphatic carbocycles. The van der Waals surface area contributed by atoms with Gasteiger partial charge in [0, 0.05) is 42.0 Å². The number of H-pyrrole nitrogens is 1. The Morgan fingerprint density at radius 1 is 1.16 bits per heavy atom. The number of nitrogens with zero attached hydrogens (tertiary/aromatic N) is 3. The summed E-state index contributed by atoms with van der Waals surface area (Å²) in [6, 6.07) is 9.44. The van der Waals surface area contributed by atoms with Crippen LogP contribution in [-0.2, 0) is 6.42 Å². The molecule has 2 N–H and O–H groups in total. The van der Waals surface area contributed by atoms with E-state index in [0.29, 0.717) is 29.7 Å². The molecule has 0 aromatic carbocycles. The minimum Gasteiger partial charge on any atom is -0.352 e. The van der Waals surface area contributed by atoms with E-state index in [-0.39, 0.29) is 5.91 Å². The van der Waals surface area contributed by atoms with Gasteiger partial charge in [0.2, 0.25) is 0 Å². The minimum absolute atomic E-state index is 0.149. The second kappa shape index (κ2) is 6.82. The number of carbonyl (C=O) groups is 1. The fraction of sp³-hybridized carbons (Fsp3) is 0.111. The van der Waals surface area contributed by atoms with E-state index in [1.54, 1.807) is 29.8 Å². The maximum atomic E-state index is 12.5. The van der Waals surface area contributed by atoms with Gasteiger partial charge in [-0.15, -0.1) is 0 Å². The Bertz CT molecular complexity index is 995. The van der Waals surface area contributed by atoms with Gasteiger partial charge in [0.1, 0.15) is 5.82 Å². The van der Waals surface area contributed by atoms with E-state index >= 15 is 0 Å². The first-order valence-electron chi connectivity index (χ1n) is 7.86. The molecule has 0 unspecified atom stereocenters. The summed E-state index contributed by atoms with van der Waals surface area (Å²) in [6.07, 6.45) is 4.04. The average molecular weight is 349 g/mol. The normalized spacial score (nSPS) is 10.9. The Morgan fingerprint density at radius 2 is 2.12 bits per heavy atom. The predicted molar refractivity (Wildman–Crippen MR) is 97.5 cm³/mol. The topological polar surface area (TPSA) is 83.6 Å². The summed E-state index contributed by atoms with van der Waals surface area (Å²) < 4.78 is 0. The van der Waals surface area contributed by atoms with E-state index in [4.69, 9.17) is 0 Å². The molecule has 0 spiro atoms. The quantitative estimate of drug-likeness (QED) is 0.580. The summed E-state index contributed by atoms with van der Waals surface area (Å²) in [4.78, 5) is 28.7. The number of aromatic nitrogens is 4. The number of imidazole rings is 1. The van der Waals surface area contributed by atoms with Gasteiger partial charge in [0.05, 0.1) is 11.1 Å². The molecule has 0 fully saturated rings. The number of thiophene rings is 1. The zero-order valence-electron chi connectivity index (χ0n) is 13.3. The van der Waals surface area contributed by atoms with Crippen molar-refractivity contribution in [1.29, 1.82) is 0 Å². The lowest BCUT2D eigenvalue weighted by Gasteiger charge is -2.05. The van der Waals surface area contributed by atoms with Crippen LogP contribution in [0.4, 0.5) is 0 Å². The van der Waals surface area contributed by atoms with Gasteiger partial charge in [-0.25, -0.2) is 9.97 Å². The molecule has 1 amide bonds. The average Bonchev–Trinajstić information content (AvgIpc) is 3.31. The summed E-state index contributed by atoms with van der Waals surface area (Å²) in [5, 5.41) is 6.92. The summed E-state index contributed by atoms with van der Waals surface area (Å²) in [7, 11) is 0.